The van der Waals surface area contributed by atoms with Crippen molar-refractivity contribution < 1.29 is 50.0 Å². The molecule has 7 N–H and O–H groups in total. The molecule has 0 radical (unpaired) electrons. The zero-order chi connectivity index (χ0) is 33.8. The molecule has 0 aromatic heterocycles. The van der Waals surface area contributed by atoms with Crippen molar-refractivity contribution in [3.8, 4) is 0 Å². The molecule has 1 aliphatic heterocycles. The Morgan fingerprint density at radius 1 is 0.848 bits per heavy atom. The topological polar surface area (TPSA) is 177 Å². The summed E-state index contributed by atoms with van der Waals surface area (Å²) >= 11 is 0. The number of rotatable bonds is 4. The Kier molecular flexibility index (Phi) is 8.46. The van der Waals surface area contributed by atoms with E-state index in [2.05, 4.69) is 26.8 Å². The molecule has 0 bridgehead atoms. The van der Waals surface area contributed by atoms with Crippen LogP contribution in [-0.2, 0) is 14.3 Å². The van der Waals surface area contributed by atoms with Crippen molar-refractivity contribution in [1.29, 1.82) is 0 Å². The molecule has 10 heteroatoms. The maximum atomic E-state index is 14.4. The zero-order valence-corrected chi connectivity index (χ0v) is 28.5. The molecule has 262 valence electrons. The van der Waals surface area contributed by atoms with Crippen LogP contribution in [0.25, 0.3) is 0 Å². The molecule has 6 rings (SSSR count). The van der Waals surface area contributed by atoms with Crippen molar-refractivity contribution in [1.82, 2.24) is 0 Å². The molecule has 0 spiro atoms. The fourth-order valence-corrected chi connectivity index (χ4v) is 12.0. The molecule has 1 saturated heterocycles. The summed E-state index contributed by atoms with van der Waals surface area (Å²) in [6.45, 7) is 12.5. The van der Waals surface area contributed by atoms with Crippen LogP contribution in [0, 0.1) is 50.2 Å². The maximum Gasteiger partial charge on any atom is 0.315 e. The second-order valence-corrected chi connectivity index (χ2v) is 17.7. The molecule has 0 aromatic carbocycles. The quantitative estimate of drug-likeness (QED) is 0.177. The predicted octanol–water partition coefficient (Wildman–Crippen LogP) is 2.44. The number of carbonyl (C=O) groups is 1. The molecule has 15 unspecified atom stereocenters. The minimum Gasteiger partial charge on any atom is -0.432 e. The minimum absolute atomic E-state index is 0.0430. The van der Waals surface area contributed by atoms with E-state index in [9.17, 15) is 40.5 Å². The van der Waals surface area contributed by atoms with Crippen molar-refractivity contribution in [2.24, 2.45) is 50.2 Å². The molecule has 15 atom stereocenters. The molecular formula is C36H58O10. The highest BCUT2D eigenvalue weighted by Crippen LogP contribution is 2.75. The first-order valence-corrected chi connectivity index (χ1v) is 17.6. The normalized spacial score (nSPS) is 54.8. The molecule has 10 nitrogen and oxygen atoms in total. The Morgan fingerprint density at radius 3 is 2.17 bits per heavy atom. The molecule has 4 saturated carbocycles. The van der Waals surface area contributed by atoms with Gasteiger partial charge < -0.3 is 45.2 Å². The molecule has 0 amide bonds. The van der Waals surface area contributed by atoms with Gasteiger partial charge in [0.15, 0.2) is 0 Å². The number of ether oxygens (including phenoxy) is 2. The standard InChI is InChI=1S/C36H58O10/c1-31(2)13-15-36(30(44)46-29-27(42)26(41)25(40)20(17-37)45-29)16-14-34(5)19(24(36)28(31)43)7-8-22-32(3)11-10-23(39)33(4,18-38)21(32)9-12-35(22,34)6/h7,20-29,37-43H,8-18H2,1-6H3. The molecule has 1 heterocycles. The monoisotopic (exact) mass is 650 g/mol. The highest BCUT2D eigenvalue weighted by molar-refractivity contribution is 5.79. The predicted molar refractivity (Wildman–Crippen MR) is 168 cm³/mol. The summed E-state index contributed by atoms with van der Waals surface area (Å²) in [5.74, 6) is -0.636. The van der Waals surface area contributed by atoms with E-state index in [-0.39, 0.29) is 28.8 Å². The number of aliphatic hydroxyl groups is 7. The van der Waals surface area contributed by atoms with Gasteiger partial charge in [-0.1, -0.05) is 53.2 Å². The van der Waals surface area contributed by atoms with E-state index >= 15 is 0 Å². The van der Waals surface area contributed by atoms with Gasteiger partial charge in [0.1, 0.15) is 24.4 Å². The van der Waals surface area contributed by atoms with Gasteiger partial charge in [-0.15, -0.1) is 0 Å². The van der Waals surface area contributed by atoms with E-state index in [1.54, 1.807) is 0 Å². The number of carbonyl (C=O) groups excluding carboxylic acids is 1. The third-order valence-corrected chi connectivity index (χ3v) is 15.5. The molecule has 6 aliphatic rings. The number of aliphatic hydroxyl groups excluding tert-OH is 7. The molecule has 46 heavy (non-hydrogen) atoms. The van der Waals surface area contributed by atoms with Gasteiger partial charge in [0.25, 0.3) is 0 Å². The highest BCUT2D eigenvalue weighted by atomic mass is 16.7. The smallest absolute Gasteiger partial charge is 0.315 e. The summed E-state index contributed by atoms with van der Waals surface area (Å²) in [5.41, 5.74) is -1.54. The molecule has 0 aromatic rings. The highest BCUT2D eigenvalue weighted by Gasteiger charge is 2.71. The summed E-state index contributed by atoms with van der Waals surface area (Å²) < 4.78 is 11.4. The lowest BCUT2D eigenvalue weighted by Gasteiger charge is -2.71. The van der Waals surface area contributed by atoms with E-state index in [0.29, 0.717) is 38.0 Å². The first-order valence-electron chi connectivity index (χ1n) is 17.6. The number of esters is 1. The van der Waals surface area contributed by atoms with Crippen LogP contribution in [0.15, 0.2) is 11.6 Å². The van der Waals surface area contributed by atoms with Crippen LogP contribution in [0.4, 0.5) is 0 Å². The molecule has 5 aliphatic carbocycles. The van der Waals surface area contributed by atoms with Gasteiger partial charge in [-0.3, -0.25) is 4.79 Å². The van der Waals surface area contributed by atoms with Crippen molar-refractivity contribution in [2.45, 2.75) is 142 Å². The fraction of sp³-hybridized carbons (Fsp3) is 0.917. The van der Waals surface area contributed by atoms with E-state index in [0.717, 1.165) is 31.3 Å². The zero-order valence-electron chi connectivity index (χ0n) is 28.5. The number of hydrogen-bond acceptors (Lipinski definition) is 10. The SMILES string of the molecule is CC1(C)CCC2(C(=O)OC3OC(CO)C(O)C(O)C3O)CCC3(C)C(=CCC4C5(C)CCC(O)C(C)(CO)C5CCC43C)C2C1O. The third-order valence-electron chi connectivity index (χ3n) is 15.5. The van der Waals surface area contributed by atoms with Crippen LogP contribution in [-0.4, -0.2) is 97.8 Å². The number of fused-ring (bicyclic) bond motifs is 7. The third kappa shape index (κ3) is 4.46. The van der Waals surface area contributed by atoms with Crippen LogP contribution >= 0.6 is 0 Å². The number of hydrogen-bond donors (Lipinski definition) is 7. The Bertz CT molecular complexity index is 1240. The van der Waals surface area contributed by atoms with Crippen molar-refractivity contribution in [3.05, 3.63) is 11.6 Å². The maximum absolute atomic E-state index is 14.4. The van der Waals surface area contributed by atoms with Crippen LogP contribution < -0.4 is 0 Å². The van der Waals surface area contributed by atoms with Gasteiger partial charge in [-0.25, -0.2) is 0 Å². The second kappa shape index (κ2) is 11.2. The largest absolute Gasteiger partial charge is 0.432 e. The van der Waals surface area contributed by atoms with Crippen LogP contribution in [0.1, 0.15) is 99.3 Å². The van der Waals surface area contributed by atoms with Gasteiger partial charge in [0.05, 0.1) is 30.8 Å². The van der Waals surface area contributed by atoms with Gasteiger partial charge >= 0.3 is 5.97 Å². The lowest BCUT2D eigenvalue weighted by molar-refractivity contribution is -0.298. The Balaban J connectivity index is 1.38. The van der Waals surface area contributed by atoms with E-state index in [1.807, 2.05) is 20.8 Å². The van der Waals surface area contributed by atoms with Gasteiger partial charge in [0.2, 0.25) is 6.29 Å². The van der Waals surface area contributed by atoms with Crippen LogP contribution in [0.2, 0.25) is 0 Å². The van der Waals surface area contributed by atoms with Gasteiger partial charge in [-0.05, 0) is 91.3 Å². The lowest BCUT2D eigenvalue weighted by atomic mass is 9.33. The summed E-state index contributed by atoms with van der Waals surface area (Å²) in [7, 11) is 0. The van der Waals surface area contributed by atoms with E-state index in [4.69, 9.17) is 9.47 Å². The number of allylic oxidation sites excluding steroid dienone is 1. The Labute approximate surface area is 273 Å². The summed E-state index contributed by atoms with van der Waals surface area (Å²) in [4.78, 5) is 14.4. The first-order chi connectivity index (χ1) is 21.4. The van der Waals surface area contributed by atoms with Crippen molar-refractivity contribution >= 4 is 5.97 Å². The Hall–Kier alpha value is -1.11. The van der Waals surface area contributed by atoms with E-state index in [1.165, 1.54) is 0 Å². The fourth-order valence-electron chi connectivity index (χ4n) is 12.0. The molecular weight excluding hydrogens is 592 g/mol. The van der Waals surface area contributed by atoms with Gasteiger partial charge in [0, 0.05) is 11.3 Å². The van der Waals surface area contributed by atoms with Crippen LogP contribution in [0.3, 0.4) is 0 Å². The van der Waals surface area contributed by atoms with E-state index < -0.39 is 77.7 Å². The second-order valence-electron chi connectivity index (χ2n) is 17.7. The summed E-state index contributed by atoms with van der Waals surface area (Å²) in [5, 5.41) is 74.8. The average Bonchev–Trinajstić information content (AvgIpc) is 3.01. The van der Waals surface area contributed by atoms with Crippen molar-refractivity contribution in [3.63, 3.8) is 0 Å². The molecule has 5 fully saturated rings. The van der Waals surface area contributed by atoms with Crippen LogP contribution in [0.5, 0.6) is 0 Å². The summed E-state index contributed by atoms with van der Waals surface area (Å²) in [6.07, 6.45) is -0.337. The minimum atomic E-state index is -1.70. The average molecular weight is 651 g/mol. The summed E-state index contributed by atoms with van der Waals surface area (Å²) in [6, 6.07) is 0. The first kappa shape index (κ1) is 34.7. The van der Waals surface area contributed by atoms with Crippen molar-refractivity contribution in [2.75, 3.05) is 13.2 Å². The van der Waals surface area contributed by atoms with Gasteiger partial charge in [-0.2, -0.15) is 0 Å². The Morgan fingerprint density at radius 2 is 1.52 bits per heavy atom. The lowest BCUT2D eigenvalue weighted by Crippen LogP contribution is -2.67.